The van der Waals surface area contributed by atoms with Crippen molar-refractivity contribution in [3.63, 3.8) is 0 Å². The van der Waals surface area contributed by atoms with Gasteiger partial charge in [-0.15, -0.1) is 0 Å². The maximum atomic E-state index is 12.0. The summed E-state index contributed by atoms with van der Waals surface area (Å²) in [7, 11) is 1.70. The number of nitrogens with one attached hydrogen (secondary N) is 2. The number of carbonyl (C=O) groups excluding carboxylic acids is 1. The molecule has 124 valence electrons. The number of H-pyrrole nitrogens is 1. The molecule has 1 aromatic carbocycles. The molecule has 0 atom stereocenters. The van der Waals surface area contributed by atoms with E-state index in [1.807, 2.05) is 19.1 Å². The van der Waals surface area contributed by atoms with Gasteiger partial charge in [-0.3, -0.25) is 5.10 Å². The van der Waals surface area contributed by atoms with E-state index in [2.05, 4.69) is 20.5 Å². The number of carbonyl (C=O) groups is 1. The van der Waals surface area contributed by atoms with Crippen LogP contribution in [0.15, 0.2) is 24.3 Å². The number of hydrogen-bond acceptors (Lipinski definition) is 4. The van der Waals surface area contributed by atoms with Gasteiger partial charge in [0, 0.05) is 18.5 Å². The van der Waals surface area contributed by atoms with E-state index in [1.54, 1.807) is 24.1 Å². The molecule has 0 saturated carbocycles. The van der Waals surface area contributed by atoms with E-state index in [0.29, 0.717) is 36.3 Å². The molecule has 0 aliphatic rings. The molecular formula is C15H20ClN5O2. The Labute approximate surface area is 140 Å². The predicted octanol–water partition coefficient (Wildman–Crippen LogP) is 2.24. The number of amides is 2. The number of halogens is 1. The lowest BCUT2D eigenvalue weighted by Gasteiger charge is -2.17. The summed E-state index contributed by atoms with van der Waals surface area (Å²) in [5.41, 5.74) is 0. The van der Waals surface area contributed by atoms with E-state index in [-0.39, 0.29) is 6.03 Å². The molecule has 0 fully saturated rings. The summed E-state index contributed by atoms with van der Waals surface area (Å²) in [6, 6.07) is 6.95. The minimum absolute atomic E-state index is 0.200. The fourth-order valence-electron chi connectivity index (χ4n) is 1.83. The van der Waals surface area contributed by atoms with Crippen LogP contribution in [0.2, 0.25) is 5.02 Å². The highest BCUT2D eigenvalue weighted by Gasteiger charge is 2.09. The number of ether oxygens (including phenoxy) is 1. The Kier molecular flexibility index (Phi) is 6.22. The molecule has 1 aromatic heterocycles. The Hall–Kier alpha value is -2.28. The normalized spacial score (nSPS) is 10.4. The third kappa shape index (κ3) is 5.45. The first-order valence-electron chi connectivity index (χ1n) is 7.36. The van der Waals surface area contributed by atoms with Gasteiger partial charge in [-0.25, -0.2) is 9.78 Å². The van der Waals surface area contributed by atoms with Gasteiger partial charge < -0.3 is 15.0 Å². The van der Waals surface area contributed by atoms with Gasteiger partial charge >= 0.3 is 6.03 Å². The quantitative estimate of drug-likeness (QED) is 0.811. The fraction of sp³-hybridized carbons (Fsp3) is 0.400. The van der Waals surface area contributed by atoms with Crippen LogP contribution in [0.1, 0.15) is 18.6 Å². The van der Waals surface area contributed by atoms with Crippen LogP contribution in [0, 0.1) is 0 Å². The summed E-state index contributed by atoms with van der Waals surface area (Å²) in [5, 5.41) is 10.2. The average molecular weight is 338 g/mol. The van der Waals surface area contributed by atoms with Crippen molar-refractivity contribution < 1.29 is 9.53 Å². The molecule has 7 nitrogen and oxygen atoms in total. The SMILES string of the molecule is CCc1n[nH]c(CNC(=O)N(C)CCOc2cccc(Cl)c2)n1. The minimum atomic E-state index is -0.200. The number of hydrogen-bond donors (Lipinski definition) is 2. The highest BCUT2D eigenvalue weighted by molar-refractivity contribution is 6.30. The molecule has 0 spiro atoms. The van der Waals surface area contributed by atoms with Gasteiger partial charge in [0.1, 0.15) is 18.2 Å². The second kappa shape index (κ2) is 8.38. The molecule has 2 amide bonds. The van der Waals surface area contributed by atoms with Gasteiger partial charge in [-0.05, 0) is 18.2 Å². The van der Waals surface area contributed by atoms with Crippen molar-refractivity contribution in [3.8, 4) is 5.75 Å². The summed E-state index contributed by atoms with van der Waals surface area (Å²) in [6.45, 7) is 3.12. The number of benzene rings is 1. The van der Waals surface area contributed by atoms with Crippen LogP contribution in [-0.2, 0) is 13.0 Å². The molecule has 23 heavy (non-hydrogen) atoms. The zero-order chi connectivity index (χ0) is 16.7. The van der Waals surface area contributed by atoms with E-state index in [0.717, 1.165) is 12.2 Å². The lowest BCUT2D eigenvalue weighted by molar-refractivity contribution is 0.195. The molecule has 2 aromatic rings. The maximum absolute atomic E-state index is 12.0. The van der Waals surface area contributed by atoms with Crippen molar-refractivity contribution in [1.29, 1.82) is 0 Å². The van der Waals surface area contributed by atoms with Gasteiger partial charge in [-0.2, -0.15) is 5.10 Å². The number of likely N-dealkylation sites (N-methyl/N-ethyl adjacent to an activating group) is 1. The Morgan fingerprint density at radius 3 is 3.00 bits per heavy atom. The third-order valence-corrected chi connectivity index (χ3v) is 3.37. The summed E-state index contributed by atoms with van der Waals surface area (Å²) in [6.07, 6.45) is 0.755. The number of aryl methyl sites for hydroxylation is 1. The lowest BCUT2D eigenvalue weighted by atomic mass is 10.3. The number of nitrogens with zero attached hydrogens (tertiary/aromatic N) is 3. The first-order valence-corrected chi connectivity index (χ1v) is 7.73. The average Bonchev–Trinajstić information content (AvgIpc) is 3.00. The molecule has 0 saturated heterocycles. The van der Waals surface area contributed by atoms with Gasteiger partial charge in [0.05, 0.1) is 13.1 Å². The highest BCUT2D eigenvalue weighted by Crippen LogP contribution is 2.16. The third-order valence-electron chi connectivity index (χ3n) is 3.14. The fourth-order valence-corrected chi connectivity index (χ4v) is 2.01. The second-order valence-corrected chi connectivity index (χ2v) is 5.37. The van der Waals surface area contributed by atoms with Gasteiger partial charge in [0.15, 0.2) is 5.82 Å². The van der Waals surface area contributed by atoms with Crippen molar-refractivity contribution in [2.75, 3.05) is 20.2 Å². The van der Waals surface area contributed by atoms with Crippen molar-refractivity contribution in [3.05, 3.63) is 40.9 Å². The topological polar surface area (TPSA) is 83.1 Å². The standard InChI is InChI=1S/C15H20ClN5O2/c1-3-13-18-14(20-19-13)10-17-15(22)21(2)7-8-23-12-6-4-5-11(16)9-12/h4-6,9H,3,7-8,10H2,1-2H3,(H,17,22)(H,18,19,20). The molecular weight excluding hydrogens is 318 g/mol. The maximum Gasteiger partial charge on any atom is 0.317 e. The molecule has 2 rings (SSSR count). The van der Waals surface area contributed by atoms with Gasteiger partial charge in [0.25, 0.3) is 0 Å². The molecule has 2 N–H and O–H groups in total. The summed E-state index contributed by atoms with van der Waals surface area (Å²) >= 11 is 5.88. The minimum Gasteiger partial charge on any atom is -0.492 e. The van der Waals surface area contributed by atoms with Gasteiger partial charge in [-0.1, -0.05) is 24.6 Å². The van der Waals surface area contributed by atoms with E-state index in [1.165, 1.54) is 0 Å². The van der Waals surface area contributed by atoms with Crippen LogP contribution >= 0.6 is 11.6 Å². The Morgan fingerprint density at radius 2 is 2.30 bits per heavy atom. The van der Waals surface area contributed by atoms with Gasteiger partial charge in [0.2, 0.25) is 0 Å². The molecule has 1 heterocycles. The lowest BCUT2D eigenvalue weighted by Crippen LogP contribution is -2.39. The number of urea groups is 1. The largest absolute Gasteiger partial charge is 0.492 e. The number of rotatable bonds is 7. The van der Waals surface area contributed by atoms with E-state index < -0.39 is 0 Å². The zero-order valence-electron chi connectivity index (χ0n) is 13.2. The first-order chi connectivity index (χ1) is 11.1. The number of aromatic amines is 1. The van der Waals surface area contributed by atoms with Crippen LogP contribution in [0.4, 0.5) is 4.79 Å². The monoisotopic (exact) mass is 337 g/mol. The molecule has 8 heteroatoms. The highest BCUT2D eigenvalue weighted by atomic mass is 35.5. The summed E-state index contributed by atoms with van der Waals surface area (Å²) in [5.74, 6) is 2.05. The molecule has 0 unspecified atom stereocenters. The van der Waals surface area contributed by atoms with Crippen molar-refractivity contribution >= 4 is 17.6 Å². The Morgan fingerprint density at radius 1 is 1.48 bits per heavy atom. The van der Waals surface area contributed by atoms with Crippen molar-refractivity contribution in [2.45, 2.75) is 19.9 Å². The van der Waals surface area contributed by atoms with Crippen molar-refractivity contribution in [1.82, 2.24) is 25.4 Å². The smallest absolute Gasteiger partial charge is 0.317 e. The predicted molar refractivity (Wildman–Crippen MR) is 87.6 cm³/mol. The van der Waals surface area contributed by atoms with Crippen LogP contribution in [-0.4, -0.2) is 46.3 Å². The van der Waals surface area contributed by atoms with Crippen LogP contribution in [0.5, 0.6) is 5.75 Å². The molecule has 0 radical (unpaired) electrons. The zero-order valence-corrected chi connectivity index (χ0v) is 13.9. The van der Waals surface area contributed by atoms with Crippen LogP contribution < -0.4 is 10.1 Å². The van der Waals surface area contributed by atoms with Crippen molar-refractivity contribution in [2.24, 2.45) is 0 Å². The molecule has 0 aliphatic carbocycles. The number of aromatic nitrogens is 3. The van der Waals surface area contributed by atoms with Crippen LogP contribution in [0.25, 0.3) is 0 Å². The van der Waals surface area contributed by atoms with E-state index in [4.69, 9.17) is 16.3 Å². The molecule has 0 aliphatic heterocycles. The Bertz CT molecular complexity index is 646. The van der Waals surface area contributed by atoms with Crippen LogP contribution in [0.3, 0.4) is 0 Å². The summed E-state index contributed by atoms with van der Waals surface area (Å²) in [4.78, 5) is 17.7. The second-order valence-electron chi connectivity index (χ2n) is 4.94. The Balaban J connectivity index is 1.70. The molecule has 0 bridgehead atoms. The van der Waals surface area contributed by atoms with E-state index in [9.17, 15) is 4.79 Å². The van der Waals surface area contributed by atoms with E-state index >= 15 is 0 Å². The first kappa shape index (κ1) is 17.1. The summed E-state index contributed by atoms with van der Waals surface area (Å²) < 4.78 is 5.55.